The highest BCUT2D eigenvalue weighted by Gasteiger charge is 2.44. The van der Waals surface area contributed by atoms with Gasteiger partial charge in [-0.15, -0.1) is 0 Å². The van der Waals surface area contributed by atoms with E-state index in [1.807, 2.05) is 18.2 Å². The Morgan fingerprint density at radius 3 is 2.67 bits per heavy atom. The lowest BCUT2D eigenvalue weighted by Crippen LogP contribution is -2.41. The highest BCUT2D eigenvalue weighted by atomic mass is 16.5. The van der Waals surface area contributed by atoms with E-state index < -0.39 is 0 Å². The van der Waals surface area contributed by atoms with Crippen molar-refractivity contribution in [2.24, 2.45) is 11.8 Å². The van der Waals surface area contributed by atoms with Gasteiger partial charge in [-0.2, -0.15) is 0 Å². The van der Waals surface area contributed by atoms with Gasteiger partial charge in [0.2, 0.25) is 0 Å². The van der Waals surface area contributed by atoms with Gasteiger partial charge in [-0.1, -0.05) is 42.7 Å². The zero-order chi connectivity index (χ0) is 14.2. The van der Waals surface area contributed by atoms with Crippen LogP contribution in [0.25, 0.3) is 0 Å². The molecule has 2 nitrogen and oxygen atoms in total. The molecular weight excluding hydrogens is 260 g/mol. The Bertz CT molecular complexity index is 548. The van der Waals surface area contributed by atoms with E-state index in [0.29, 0.717) is 23.7 Å². The minimum absolute atomic E-state index is 0.0529. The number of fused-ring (bicyclic) bond motifs is 3. The molecule has 1 heterocycles. The zero-order valence-electron chi connectivity index (χ0n) is 12.5. The van der Waals surface area contributed by atoms with E-state index in [-0.39, 0.29) is 6.10 Å². The second-order valence-corrected chi connectivity index (χ2v) is 6.79. The summed E-state index contributed by atoms with van der Waals surface area (Å²) < 4.78 is 6.53. The summed E-state index contributed by atoms with van der Waals surface area (Å²) in [5, 5.41) is 10.2. The summed E-state index contributed by atoms with van der Waals surface area (Å²) in [6, 6.07) is 7.73. The highest BCUT2D eigenvalue weighted by Crippen LogP contribution is 2.52. The number of benzene rings is 1. The molecule has 1 saturated carbocycles. The molecule has 2 heteroatoms. The molecule has 0 unspecified atom stereocenters. The van der Waals surface area contributed by atoms with Crippen LogP contribution in [-0.2, 0) is 4.74 Å². The molecule has 1 aliphatic heterocycles. The molecular formula is C19H24O2. The van der Waals surface area contributed by atoms with E-state index in [0.717, 1.165) is 5.56 Å². The van der Waals surface area contributed by atoms with Crippen LogP contribution in [0.3, 0.4) is 0 Å². The first kappa shape index (κ1) is 13.4. The van der Waals surface area contributed by atoms with Gasteiger partial charge in [0, 0.05) is 17.4 Å². The van der Waals surface area contributed by atoms with Gasteiger partial charge < -0.3 is 9.84 Å². The third kappa shape index (κ3) is 2.30. The van der Waals surface area contributed by atoms with Crippen molar-refractivity contribution in [1.29, 1.82) is 0 Å². The first-order chi connectivity index (χ1) is 10.3. The van der Waals surface area contributed by atoms with Gasteiger partial charge in [-0.25, -0.2) is 0 Å². The van der Waals surface area contributed by atoms with Crippen LogP contribution in [0.15, 0.2) is 35.9 Å². The lowest BCUT2D eigenvalue weighted by molar-refractivity contribution is -0.107. The fourth-order valence-electron chi connectivity index (χ4n) is 4.62. The molecule has 0 aromatic heterocycles. The van der Waals surface area contributed by atoms with Gasteiger partial charge in [-0.3, -0.25) is 0 Å². The predicted molar refractivity (Wildman–Crippen MR) is 83.1 cm³/mol. The molecule has 1 N–H and O–H groups in total. The standard InChI is InChI=1S/C19H24O2/c20-17-11-5-3-10-16(17)19-15-9-2-1-7-13(15)14-8-4-6-12-18(14)21-19/h3,5,7,10-11,14-15,18-20H,1-2,4,6,8-9,12H2/t14-,15+,18+,19+/m0/s1. The summed E-state index contributed by atoms with van der Waals surface area (Å²) in [5.41, 5.74) is 2.63. The van der Waals surface area contributed by atoms with Crippen LogP contribution in [-0.4, -0.2) is 11.2 Å². The van der Waals surface area contributed by atoms with Gasteiger partial charge >= 0.3 is 0 Å². The second-order valence-electron chi connectivity index (χ2n) is 6.79. The lowest BCUT2D eigenvalue weighted by atomic mass is 9.68. The average molecular weight is 284 g/mol. The first-order valence-electron chi connectivity index (χ1n) is 8.48. The number of hydrogen-bond donors (Lipinski definition) is 1. The van der Waals surface area contributed by atoms with Gasteiger partial charge in [0.25, 0.3) is 0 Å². The maximum atomic E-state index is 10.2. The van der Waals surface area contributed by atoms with E-state index in [1.165, 1.54) is 44.9 Å². The predicted octanol–water partition coefficient (Wildman–Crippen LogP) is 4.75. The number of para-hydroxylation sites is 1. The third-order valence-corrected chi connectivity index (χ3v) is 5.59. The summed E-state index contributed by atoms with van der Waals surface area (Å²) in [5.74, 6) is 1.51. The smallest absolute Gasteiger partial charge is 0.121 e. The van der Waals surface area contributed by atoms with E-state index >= 15 is 0 Å². The fraction of sp³-hybridized carbons (Fsp3) is 0.579. The third-order valence-electron chi connectivity index (χ3n) is 5.59. The highest BCUT2D eigenvalue weighted by molar-refractivity contribution is 5.37. The van der Waals surface area contributed by atoms with Crippen LogP contribution in [0.2, 0.25) is 0 Å². The van der Waals surface area contributed by atoms with Crippen LogP contribution in [0, 0.1) is 11.8 Å². The molecule has 4 rings (SSSR count). The van der Waals surface area contributed by atoms with Crippen molar-refractivity contribution in [3.05, 3.63) is 41.5 Å². The Hall–Kier alpha value is -1.28. The first-order valence-corrected chi connectivity index (χ1v) is 8.48. The molecule has 1 aromatic rings. The van der Waals surface area contributed by atoms with E-state index in [2.05, 4.69) is 6.08 Å². The molecule has 0 amide bonds. The van der Waals surface area contributed by atoms with E-state index in [4.69, 9.17) is 4.74 Å². The maximum Gasteiger partial charge on any atom is 0.121 e. The number of ether oxygens (including phenoxy) is 1. The Labute approximate surface area is 126 Å². The Morgan fingerprint density at radius 2 is 1.76 bits per heavy atom. The minimum Gasteiger partial charge on any atom is -0.508 e. The van der Waals surface area contributed by atoms with Crippen LogP contribution in [0.5, 0.6) is 5.75 Å². The molecule has 1 saturated heterocycles. The molecule has 3 aliphatic rings. The number of phenolic OH excluding ortho intramolecular Hbond substituents is 1. The van der Waals surface area contributed by atoms with Crippen LogP contribution in [0.4, 0.5) is 0 Å². The van der Waals surface area contributed by atoms with Gasteiger partial charge in [0.1, 0.15) is 5.75 Å². The van der Waals surface area contributed by atoms with Gasteiger partial charge in [0.05, 0.1) is 12.2 Å². The Kier molecular flexibility index (Phi) is 3.50. The molecule has 0 bridgehead atoms. The van der Waals surface area contributed by atoms with E-state index in [9.17, 15) is 5.11 Å². The maximum absolute atomic E-state index is 10.2. The Morgan fingerprint density at radius 1 is 0.952 bits per heavy atom. The summed E-state index contributed by atoms with van der Waals surface area (Å²) in [6.07, 6.45) is 11.7. The van der Waals surface area contributed by atoms with Crippen molar-refractivity contribution >= 4 is 0 Å². The SMILES string of the molecule is Oc1ccccc1[C@@H]1O[C@@H]2CCCC[C@H]2C2=CCCC[C@H]21. The van der Waals surface area contributed by atoms with Gasteiger partial charge in [-0.05, 0) is 38.2 Å². The van der Waals surface area contributed by atoms with Crippen molar-refractivity contribution in [3.8, 4) is 5.75 Å². The lowest BCUT2D eigenvalue weighted by Gasteiger charge is -2.47. The quantitative estimate of drug-likeness (QED) is 0.754. The van der Waals surface area contributed by atoms with Crippen molar-refractivity contribution in [2.45, 2.75) is 57.2 Å². The summed E-state index contributed by atoms with van der Waals surface area (Å²) in [6.45, 7) is 0. The Balaban J connectivity index is 1.72. The largest absolute Gasteiger partial charge is 0.508 e. The monoisotopic (exact) mass is 284 g/mol. The van der Waals surface area contributed by atoms with Crippen molar-refractivity contribution in [2.75, 3.05) is 0 Å². The average Bonchev–Trinajstić information content (AvgIpc) is 2.55. The summed E-state index contributed by atoms with van der Waals surface area (Å²) in [4.78, 5) is 0. The van der Waals surface area contributed by atoms with Crippen LogP contribution >= 0.6 is 0 Å². The minimum atomic E-state index is 0.0529. The number of aromatic hydroxyl groups is 1. The fourth-order valence-corrected chi connectivity index (χ4v) is 4.62. The number of phenols is 1. The van der Waals surface area contributed by atoms with Crippen molar-refractivity contribution in [3.63, 3.8) is 0 Å². The molecule has 0 radical (unpaired) electrons. The van der Waals surface area contributed by atoms with Crippen LogP contribution in [0.1, 0.15) is 56.6 Å². The zero-order valence-corrected chi connectivity index (χ0v) is 12.5. The van der Waals surface area contributed by atoms with Crippen molar-refractivity contribution < 1.29 is 9.84 Å². The molecule has 0 spiro atoms. The molecule has 4 atom stereocenters. The summed E-state index contributed by atoms with van der Waals surface area (Å²) >= 11 is 0. The molecule has 112 valence electrons. The molecule has 1 aromatic carbocycles. The van der Waals surface area contributed by atoms with E-state index in [1.54, 1.807) is 11.6 Å². The second kappa shape index (κ2) is 5.49. The molecule has 2 fully saturated rings. The number of allylic oxidation sites excluding steroid dienone is 1. The van der Waals surface area contributed by atoms with Gasteiger partial charge in [0.15, 0.2) is 0 Å². The number of rotatable bonds is 1. The normalized spacial score (nSPS) is 35.5. The van der Waals surface area contributed by atoms with Crippen molar-refractivity contribution in [1.82, 2.24) is 0 Å². The summed E-state index contributed by atoms with van der Waals surface area (Å²) in [7, 11) is 0. The topological polar surface area (TPSA) is 29.5 Å². The number of hydrogen-bond acceptors (Lipinski definition) is 2. The molecule has 21 heavy (non-hydrogen) atoms. The van der Waals surface area contributed by atoms with Crippen LogP contribution < -0.4 is 0 Å². The molecule has 2 aliphatic carbocycles.